The van der Waals surface area contributed by atoms with Gasteiger partial charge in [0.1, 0.15) is 5.76 Å². The Balaban J connectivity index is 1.99. The summed E-state index contributed by atoms with van der Waals surface area (Å²) in [5, 5.41) is 4.47. The largest absolute Gasteiger partial charge is 0.417 e. The highest BCUT2D eigenvalue weighted by Gasteiger charge is 2.30. The number of pyridine rings is 1. The molecule has 0 spiro atoms. The van der Waals surface area contributed by atoms with Crippen molar-refractivity contribution in [3.63, 3.8) is 0 Å². The number of thioether (sulfide) groups is 1. The minimum atomic E-state index is -4.36. The molecule has 0 aliphatic rings. The standard InChI is InChI=1S/C14H15F3N2OS/c1-13(2,3)11-6-10(19-20-11)8-21-12-5-4-9(7-18-12)14(15,16)17/h4-7H,8H2,1-3H3. The molecule has 0 amide bonds. The Morgan fingerprint density at radius 3 is 2.38 bits per heavy atom. The monoisotopic (exact) mass is 316 g/mol. The van der Waals surface area contributed by atoms with E-state index in [-0.39, 0.29) is 5.41 Å². The third-order valence-corrected chi connectivity index (χ3v) is 3.71. The summed E-state index contributed by atoms with van der Waals surface area (Å²) >= 11 is 1.32. The van der Waals surface area contributed by atoms with Gasteiger partial charge in [0, 0.05) is 23.4 Å². The molecule has 0 N–H and O–H groups in total. The average Bonchev–Trinajstić information content (AvgIpc) is 2.84. The van der Waals surface area contributed by atoms with Gasteiger partial charge < -0.3 is 4.52 Å². The summed E-state index contributed by atoms with van der Waals surface area (Å²) < 4.78 is 42.5. The Morgan fingerprint density at radius 1 is 1.19 bits per heavy atom. The molecule has 2 rings (SSSR count). The van der Waals surface area contributed by atoms with E-state index >= 15 is 0 Å². The molecule has 2 heterocycles. The molecule has 114 valence electrons. The fraction of sp³-hybridized carbons (Fsp3) is 0.429. The van der Waals surface area contributed by atoms with Crippen LogP contribution in [0.4, 0.5) is 13.2 Å². The molecule has 0 aliphatic carbocycles. The smallest absolute Gasteiger partial charge is 0.361 e. The van der Waals surface area contributed by atoms with Crippen molar-refractivity contribution in [1.29, 1.82) is 0 Å². The lowest BCUT2D eigenvalue weighted by atomic mass is 9.93. The molecule has 0 aromatic carbocycles. The second kappa shape index (κ2) is 5.71. The number of halogens is 3. The van der Waals surface area contributed by atoms with E-state index < -0.39 is 11.7 Å². The SMILES string of the molecule is CC(C)(C)c1cc(CSc2ccc(C(F)(F)F)cn2)no1. The normalized spacial score (nSPS) is 12.7. The topological polar surface area (TPSA) is 38.9 Å². The third kappa shape index (κ3) is 4.23. The first-order valence-electron chi connectivity index (χ1n) is 6.28. The van der Waals surface area contributed by atoms with Crippen molar-refractivity contribution in [1.82, 2.24) is 10.1 Å². The summed E-state index contributed by atoms with van der Waals surface area (Å²) in [6, 6.07) is 4.24. The van der Waals surface area contributed by atoms with Gasteiger partial charge in [0.15, 0.2) is 0 Å². The van der Waals surface area contributed by atoms with E-state index in [1.165, 1.54) is 17.8 Å². The zero-order valence-electron chi connectivity index (χ0n) is 11.9. The molecule has 2 aromatic rings. The Labute approximate surface area is 124 Å². The Kier molecular flexibility index (Phi) is 4.32. The van der Waals surface area contributed by atoms with Crippen molar-refractivity contribution in [2.45, 2.75) is 43.1 Å². The molecule has 0 fully saturated rings. The van der Waals surface area contributed by atoms with Gasteiger partial charge in [-0.1, -0.05) is 37.7 Å². The van der Waals surface area contributed by atoms with Gasteiger partial charge in [-0.2, -0.15) is 13.2 Å². The van der Waals surface area contributed by atoms with Gasteiger partial charge in [-0.05, 0) is 12.1 Å². The lowest BCUT2D eigenvalue weighted by Crippen LogP contribution is -2.09. The summed E-state index contributed by atoms with van der Waals surface area (Å²) in [5.74, 6) is 1.27. The molecule has 0 bridgehead atoms. The maximum Gasteiger partial charge on any atom is 0.417 e. The Hall–Kier alpha value is -1.50. The summed E-state index contributed by atoms with van der Waals surface area (Å²) in [4.78, 5) is 3.80. The Bertz CT molecular complexity index is 600. The van der Waals surface area contributed by atoms with Crippen LogP contribution in [0.2, 0.25) is 0 Å². The second-order valence-corrected chi connectivity index (χ2v) is 6.60. The molecular formula is C14H15F3N2OS. The van der Waals surface area contributed by atoms with Crippen molar-refractivity contribution in [2.24, 2.45) is 0 Å². The minimum absolute atomic E-state index is 0.122. The van der Waals surface area contributed by atoms with Gasteiger partial charge >= 0.3 is 6.18 Å². The van der Waals surface area contributed by atoms with E-state index in [0.29, 0.717) is 10.8 Å². The van der Waals surface area contributed by atoms with Crippen LogP contribution in [0, 0.1) is 0 Å². The van der Waals surface area contributed by atoms with Crippen molar-refractivity contribution in [2.75, 3.05) is 0 Å². The molecule has 0 saturated carbocycles. The molecular weight excluding hydrogens is 301 g/mol. The van der Waals surface area contributed by atoms with E-state index in [2.05, 4.69) is 10.1 Å². The highest BCUT2D eigenvalue weighted by molar-refractivity contribution is 7.98. The third-order valence-electron chi connectivity index (χ3n) is 2.73. The number of hydrogen-bond acceptors (Lipinski definition) is 4. The zero-order chi connectivity index (χ0) is 15.7. The Morgan fingerprint density at radius 2 is 1.90 bits per heavy atom. The van der Waals surface area contributed by atoms with Crippen molar-refractivity contribution < 1.29 is 17.7 Å². The highest BCUT2D eigenvalue weighted by atomic mass is 32.2. The quantitative estimate of drug-likeness (QED) is 0.771. The fourth-order valence-electron chi connectivity index (χ4n) is 1.51. The molecule has 21 heavy (non-hydrogen) atoms. The molecule has 0 saturated heterocycles. The summed E-state index contributed by atoms with van der Waals surface area (Å²) in [7, 11) is 0. The number of nitrogens with zero attached hydrogens (tertiary/aromatic N) is 2. The van der Waals surface area contributed by atoms with Gasteiger partial charge in [0.2, 0.25) is 0 Å². The van der Waals surface area contributed by atoms with Crippen LogP contribution in [0.1, 0.15) is 37.8 Å². The maximum absolute atomic E-state index is 12.4. The van der Waals surface area contributed by atoms with Crippen LogP contribution in [-0.4, -0.2) is 10.1 Å². The maximum atomic E-state index is 12.4. The molecule has 0 atom stereocenters. The predicted molar refractivity (Wildman–Crippen MR) is 74.0 cm³/mol. The molecule has 7 heteroatoms. The second-order valence-electron chi connectivity index (χ2n) is 5.60. The lowest BCUT2D eigenvalue weighted by molar-refractivity contribution is -0.137. The molecule has 3 nitrogen and oxygen atoms in total. The fourth-order valence-corrected chi connectivity index (χ4v) is 2.24. The van der Waals surface area contributed by atoms with Gasteiger partial charge in [-0.3, -0.25) is 0 Å². The molecule has 2 aromatic heterocycles. The minimum Gasteiger partial charge on any atom is -0.361 e. The van der Waals surface area contributed by atoms with Gasteiger partial charge in [-0.25, -0.2) is 4.98 Å². The van der Waals surface area contributed by atoms with Crippen LogP contribution in [0.25, 0.3) is 0 Å². The highest BCUT2D eigenvalue weighted by Crippen LogP contribution is 2.30. The zero-order valence-corrected chi connectivity index (χ0v) is 12.7. The summed E-state index contributed by atoms with van der Waals surface area (Å²) in [6.45, 7) is 6.05. The number of aromatic nitrogens is 2. The number of rotatable bonds is 3. The summed E-state index contributed by atoms with van der Waals surface area (Å²) in [6.07, 6.45) is -3.52. The first-order valence-corrected chi connectivity index (χ1v) is 7.27. The van der Waals surface area contributed by atoms with Crippen molar-refractivity contribution >= 4 is 11.8 Å². The van der Waals surface area contributed by atoms with Crippen LogP contribution in [0.5, 0.6) is 0 Å². The van der Waals surface area contributed by atoms with Crippen molar-refractivity contribution in [3.05, 3.63) is 41.4 Å². The summed E-state index contributed by atoms with van der Waals surface area (Å²) in [5.41, 5.74) is -0.127. The van der Waals surface area contributed by atoms with E-state index in [4.69, 9.17) is 4.52 Å². The predicted octanol–water partition coefficient (Wildman–Crippen LogP) is 4.68. The van der Waals surface area contributed by atoms with E-state index in [0.717, 1.165) is 23.7 Å². The molecule has 0 radical (unpaired) electrons. The van der Waals surface area contributed by atoms with Crippen LogP contribution >= 0.6 is 11.8 Å². The first-order chi connectivity index (χ1) is 9.66. The van der Waals surface area contributed by atoms with Crippen molar-refractivity contribution in [3.8, 4) is 0 Å². The average molecular weight is 316 g/mol. The first kappa shape index (κ1) is 15.9. The number of alkyl halides is 3. The molecule has 0 aliphatic heterocycles. The van der Waals surface area contributed by atoms with E-state index in [1.54, 1.807) is 0 Å². The van der Waals surface area contributed by atoms with Gasteiger partial charge in [-0.15, -0.1) is 0 Å². The van der Waals surface area contributed by atoms with E-state index in [1.807, 2.05) is 26.8 Å². The van der Waals surface area contributed by atoms with Crippen LogP contribution in [0.3, 0.4) is 0 Å². The lowest BCUT2D eigenvalue weighted by Gasteiger charge is -2.12. The van der Waals surface area contributed by atoms with Crippen LogP contribution in [-0.2, 0) is 17.3 Å². The number of hydrogen-bond donors (Lipinski definition) is 0. The van der Waals surface area contributed by atoms with E-state index in [9.17, 15) is 13.2 Å². The molecule has 0 unspecified atom stereocenters. The van der Waals surface area contributed by atoms with Crippen LogP contribution < -0.4 is 0 Å². The van der Waals surface area contributed by atoms with Crippen LogP contribution in [0.15, 0.2) is 33.9 Å². The van der Waals surface area contributed by atoms with Gasteiger partial charge in [0.05, 0.1) is 16.3 Å². The van der Waals surface area contributed by atoms with Gasteiger partial charge in [0.25, 0.3) is 0 Å².